The number of hydrogen-bond acceptors (Lipinski definition) is 2. The number of halogens is 2. The van der Waals surface area contributed by atoms with E-state index in [2.05, 4.69) is 5.32 Å². The fourth-order valence-electron chi connectivity index (χ4n) is 1.43. The minimum Gasteiger partial charge on any atom is -0.480 e. The van der Waals surface area contributed by atoms with Crippen molar-refractivity contribution in [3.05, 3.63) is 33.8 Å². The van der Waals surface area contributed by atoms with Gasteiger partial charge in [0.1, 0.15) is 6.04 Å². The molecule has 0 saturated carbocycles. The molecule has 0 aliphatic carbocycles. The van der Waals surface area contributed by atoms with Gasteiger partial charge in [0.2, 0.25) is 0 Å². The molecule has 0 saturated heterocycles. The molecule has 1 atom stereocenters. The summed E-state index contributed by atoms with van der Waals surface area (Å²) in [6.07, 6.45) is 1.04. The average molecular weight is 290 g/mol. The second kappa shape index (κ2) is 6.61. The van der Waals surface area contributed by atoms with Gasteiger partial charge in [-0.1, -0.05) is 36.5 Å². The third kappa shape index (κ3) is 3.89. The summed E-state index contributed by atoms with van der Waals surface area (Å²) in [5.74, 6) is -1.53. The van der Waals surface area contributed by atoms with Gasteiger partial charge in [0.05, 0.1) is 10.0 Å². The molecule has 0 aliphatic heterocycles. The predicted molar refractivity (Wildman–Crippen MR) is 70.3 cm³/mol. The highest BCUT2D eigenvalue weighted by Crippen LogP contribution is 2.22. The molecule has 1 amide bonds. The molecule has 0 aromatic heterocycles. The van der Waals surface area contributed by atoms with Gasteiger partial charge in [0, 0.05) is 5.56 Å². The summed E-state index contributed by atoms with van der Waals surface area (Å²) in [6.45, 7) is 1.85. The molecule has 0 heterocycles. The Kier molecular flexibility index (Phi) is 5.44. The molecule has 0 unspecified atom stereocenters. The number of rotatable bonds is 5. The minimum absolute atomic E-state index is 0.256. The Morgan fingerprint density at radius 3 is 2.50 bits per heavy atom. The predicted octanol–water partition coefficient (Wildman–Crippen LogP) is 2.98. The molecule has 98 valence electrons. The monoisotopic (exact) mass is 289 g/mol. The quantitative estimate of drug-likeness (QED) is 0.876. The highest BCUT2D eigenvalue weighted by Gasteiger charge is 2.19. The summed E-state index contributed by atoms with van der Waals surface area (Å²) < 4.78 is 0. The molecule has 18 heavy (non-hydrogen) atoms. The summed E-state index contributed by atoms with van der Waals surface area (Å²) in [5, 5.41) is 12.0. The van der Waals surface area contributed by atoms with Crippen molar-refractivity contribution in [2.45, 2.75) is 25.8 Å². The maximum absolute atomic E-state index is 11.8. The van der Waals surface area contributed by atoms with E-state index in [9.17, 15) is 9.59 Å². The van der Waals surface area contributed by atoms with Crippen LogP contribution in [0.4, 0.5) is 0 Å². The van der Waals surface area contributed by atoms with E-state index in [1.165, 1.54) is 18.2 Å². The Hall–Kier alpha value is -1.26. The Morgan fingerprint density at radius 2 is 2.00 bits per heavy atom. The summed E-state index contributed by atoms with van der Waals surface area (Å²) in [6, 6.07) is 3.50. The zero-order chi connectivity index (χ0) is 13.7. The maximum Gasteiger partial charge on any atom is 0.326 e. The normalized spacial score (nSPS) is 11.9. The molecular formula is C12H13Cl2NO3. The first-order valence-electron chi connectivity index (χ1n) is 5.44. The third-order valence-corrected chi connectivity index (χ3v) is 3.10. The fourth-order valence-corrected chi connectivity index (χ4v) is 1.72. The third-order valence-electron chi connectivity index (χ3n) is 2.36. The number of carboxylic acid groups (broad SMARTS) is 1. The average Bonchev–Trinajstić information content (AvgIpc) is 2.31. The Balaban J connectivity index is 2.80. The van der Waals surface area contributed by atoms with Crippen molar-refractivity contribution < 1.29 is 14.7 Å². The van der Waals surface area contributed by atoms with Crippen molar-refractivity contribution in [3.63, 3.8) is 0 Å². The van der Waals surface area contributed by atoms with Crippen LogP contribution in [0.25, 0.3) is 0 Å². The number of carbonyl (C=O) groups is 2. The van der Waals surface area contributed by atoms with Gasteiger partial charge in [-0.25, -0.2) is 4.79 Å². The Morgan fingerprint density at radius 1 is 1.33 bits per heavy atom. The Bertz CT molecular complexity index is 463. The van der Waals surface area contributed by atoms with Crippen LogP contribution < -0.4 is 5.32 Å². The second-order valence-corrected chi connectivity index (χ2v) is 4.60. The van der Waals surface area contributed by atoms with Crippen molar-refractivity contribution in [1.82, 2.24) is 5.32 Å². The van der Waals surface area contributed by atoms with Gasteiger partial charge < -0.3 is 10.4 Å². The molecule has 0 radical (unpaired) electrons. The lowest BCUT2D eigenvalue weighted by Gasteiger charge is -2.13. The number of amides is 1. The van der Waals surface area contributed by atoms with Crippen LogP contribution in [-0.2, 0) is 4.79 Å². The summed E-state index contributed by atoms with van der Waals surface area (Å²) in [5.41, 5.74) is 0.284. The van der Waals surface area contributed by atoms with Crippen molar-refractivity contribution in [2.75, 3.05) is 0 Å². The molecule has 0 bridgehead atoms. The molecule has 1 rings (SSSR count). The maximum atomic E-state index is 11.8. The molecular weight excluding hydrogens is 277 g/mol. The SMILES string of the molecule is CCC[C@H](NC(=O)c1ccc(Cl)c(Cl)c1)C(=O)O. The summed E-state index contributed by atoms with van der Waals surface area (Å²) in [4.78, 5) is 22.7. The van der Waals surface area contributed by atoms with E-state index in [0.717, 1.165) is 0 Å². The van der Waals surface area contributed by atoms with Crippen LogP contribution in [0.5, 0.6) is 0 Å². The van der Waals surface area contributed by atoms with Gasteiger partial charge in [0.25, 0.3) is 5.91 Å². The summed E-state index contributed by atoms with van der Waals surface area (Å²) >= 11 is 11.5. The molecule has 0 fully saturated rings. The van der Waals surface area contributed by atoms with Crippen LogP contribution in [0.2, 0.25) is 10.0 Å². The van der Waals surface area contributed by atoms with E-state index in [0.29, 0.717) is 17.9 Å². The van der Waals surface area contributed by atoms with E-state index < -0.39 is 17.9 Å². The van der Waals surface area contributed by atoms with Gasteiger partial charge in [-0.2, -0.15) is 0 Å². The topological polar surface area (TPSA) is 66.4 Å². The number of aliphatic carboxylic acids is 1. The first-order valence-corrected chi connectivity index (χ1v) is 6.20. The highest BCUT2D eigenvalue weighted by atomic mass is 35.5. The first-order chi connectivity index (χ1) is 8.45. The van der Waals surface area contributed by atoms with E-state index in [-0.39, 0.29) is 10.6 Å². The number of hydrogen-bond donors (Lipinski definition) is 2. The number of nitrogens with one attached hydrogen (secondary N) is 1. The van der Waals surface area contributed by atoms with Crippen LogP contribution in [0.3, 0.4) is 0 Å². The molecule has 2 N–H and O–H groups in total. The van der Waals surface area contributed by atoms with Crippen molar-refractivity contribution in [3.8, 4) is 0 Å². The van der Waals surface area contributed by atoms with Gasteiger partial charge in [-0.3, -0.25) is 4.79 Å². The van der Waals surface area contributed by atoms with Gasteiger partial charge >= 0.3 is 5.97 Å². The molecule has 1 aromatic rings. The standard InChI is InChI=1S/C12H13Cl2NO3/c1-2-3-10(12(17)18)15-11(16)7-4-5-8(13)9(14)6-7/h4-6,10H,2-3H2,1H3,(H,15,16)(H,17,18)/t10-/m0/s1. The molecule has 6 heteroatoms. The molecule has 0 spiro atoms. The Labute approximate surface area is 115 Å². The van der Waals surface area contributed by atoms with E-state index in [1.807, 2.05) is 6.92 Å². The van der Waals surface area contributed by atoms with Crippen LogP contribution in [0.15, 0.2) is 18.2 Å². The zero-order valence-corrected chi connectivity index (χ0v) is 11.3. The van der Waals surface area contributed by atoms with E-state index >= 15 is 0 Å². The molecule has 1 aromatic carbocycles. The second-order valence-electron chi connectivity index (χ2n) is 3.78. The minimum atomic E-state index is -1.05. The smallest absolute Gasteiger partial charge is 0.326 e. The van der Waals surface area contributed by atoms with Crippen molar-refractivity contribution in [1.29, 1.82) is 0 Å². The fraction of sp³-hybridized carbons (Fsp3) is 0.333. The van der Waals surface area contributed by atoms with Crippen LogP contribution in [0.1, 0.15) is 30.1 Å². The molecule has 0 aliphatic rings. The van der Waals surface area contributed by atoms with Gasteiger partial charge in [0.15, 0.2) is 0 Å². The van der Waals surface area contributed by atoms with Crippen LogP contribution in [0, 0.1) is 0 Å². The van der Waals surface area contributed by atoms with E-state index in [1.54, 1.807) is 0 Å². The van der Waals surface area contributed by atoms with E-state index in [4.69, 9.17) is 28.3 Å². The first kappa shape index (κ1) is 14.8. The van der Waals surface area contributed by atoms with Crippen molar-refractivity contribution in [2.24, 2.45) is 0 Å². The van der Waals surface area contributed by atoms with Crippen molar-refractivity contribution >= 4 is 35.1 Å². The largest absolute Gasteiger partial charge is 0.480 e. The van der Waals surface area contributed by atoms with Crippen LogP contribution in [-0.4, -0.2) is 23.0 Å². The van der Waals surface area contributed by atoms with Crippen LogP contribution >= 0.6 is 23.2 Å². The summed E-state index contributed by atoms with van der Waals surface area (Å²) in [7, 11) is 0. The highest BCUT2D eigenvalue weighted by molar-refractivity contribution is 6.42. The zero-order valence-electron chi connectivity index (χ0n) is 9.74. The number of carbonyl (C=O) groups excluding carboxylic acids is 1. The number of carboxylic acids is 1. The van der Waals surface area contributed by atoms with Gasteiger partial charge in [-0.15, -0.1) is 0 Å². The number of benzene rings is 1. The van der Waals surface area contributed by atoms with Gasteiger partial charge in [-0.05, 0) is 24.6 Å². The molecule has 4 nitrogen and oxygen atoms in total. The lowest BCUT2D eigenvalue weighted by Crippen LogP contribution is -2.40. The lowest BCUT2D eigenvalue weighted by molar-refractivity contribution is -0.139. The lowest BCUT2D eigenvalue weighted by atomic mass is 10.1.